The van der Waals surface area contributed by atoms with E-state index in [1.54, 1.807) is 6.20 Å². The van der Waals surface area contributed by atoms with Crippen molar-refractivity contribution in [1.29, 1.82) is 0 Å². The summed E-state index contributed by atoms with van der Waals surface area (Å²) < 4.78 is 7.56. The Balaban J connectivity index is 1.84. The quantitative estimate of drug-likeness (QED) is 0.725. The lowest BCUT2D eigenvalue weighted by atomic mass is 10.1. The first-order chi connectivity index (χ1) is 11.2. The zero-order chi connectivity index (χ0) is 16.2. The van der Waals surface area contributed by atoms with Crippen molar-refractivity contribution in [1.82, 2.24) is 19.7 Å². The Kier molecular flexibility index (Phi) is 4.37. The van der Waals surface area contributed by atoms with E-state index in [9.17, 15) is 0 Å². The molecule has 0 aliphatic carbocycles. The SMILES string of the molecule is CCOc1ncccc1-c1ccc(Cn2nc(C)cc2C)cn1. The van der Waals surface area contributed by atoms with Gasteiger partial charge in [-0.05, 0) is 50.6 Å². The van der Waals surface area contributed by atoms with Crippen molar-refractivity contribution in [2.45, 2.75) is 27.3 Å². The normalized spacial score (nSPS) is 10.7. The van der Waals surface area contributed by atoms with E-state index < -0.39 is 0 Å². The summed E-state index contributed by atoms with van der Waals surface area (Å²) in [5.74, 6) is 0.619. The van der Waals surface area contributed by atoms with Gasteiger partial charge in [0.2, 0.25) is 5.88 Å². The molecule has 3 rings (SSSR count). The minimum atomic E-state index is 0.583. The standard InChI is InChI=1S/C18H20N4O/c1-4-23-18-16(6-5-9-19-18)17-8-7-15(11-20-17)12-22-14(3)10-13(2)21-22/h5-11H,4,12H2,1-3H3. The number of pyridine rings is 2. The van der Waals surface area contributed by atoms with E-state index in [2.05, 4.69) is 34.1 Å². The van der Waals surface area contributed by atoms with E-state index in [1.807, 2.05) is 42.9 Å². The molecule has 0 atom stereocenters. The van der Waals surface area contributed by atoms with E-state index in [4.69, 9.17) is 4.74 Å². The molecule has 0 amide bonds. The molecule has 0 fully saturated rings. The molecule has 0 spiro atoms. The molecule has 0 aromatic carbocycles. The maximum absolute atomic E-state index is 5.57. The Morgan fingerprint density at radius 1 is 1.13 bits per heavy atom. The van der Waals surface area contributed by atoms with E-state index in [0.717, 1.165) is 34.8 Å². The van der Waals surface area contributed by atoms with E-state index >= 15 is 0 Å². The van der Waals surface area contributed by atoms with Crippen molar-refractivity contribution < 1.29 is 4.74 Å². The summed E-state index contributed by atoms with van der Waals surface area (Å²) in [5, 5.41) is 4.48. The van der Waals surface area contributed by atoms with Gasteiger partial charge in [0.15, 0.2) is 0 Å². The smallest absolute Gasteiger partial charge is 0.222 e. The second-order valence-electron chi connectivity index (χ2n) is 5.43. The first-order valence-corrected chi connectivity index (χ1v) is 7.71. The van der Waals surface area contributed by atoms with Crippen LogP contribution in [0.5, 0.6) is 5.88 Å². The third kappa shape index (κ3) is 3.39. The van der Waals surface area contributed by atoms with Gasteiger partial charge in [0, 0.05) is 18.1 Å². The summed E-state index contributed by atoms with van der Waals surface area (Å²) >= 11 is 0. The van der Waals surface area contributed by atoms with Gasteiger partial charge in [0.1, 0.15) is 0 Å². The lowest BCUT2D eigenvalue weighted by Gasteiger charge is -2.09. The number of rotatable bonds is 5. The van der Waals surface area contributed by atoms with Gasteiger partial charge in [-0.15, -0.1) is 0 Å². The van der Waals surface area contributed by atoms with Gasteiger partial charge >= 0.3 is 0 Å². The summed E-state index contributed by atoms with van der Waals surface area (Å²) in [4.78, 5) is 8.84. The molecule has 5 heteroatoms. The molecule has 0 saturated carbocycles. The molecule has 0 saturated heterocycles. The molecule has 3 aromatic heterocycles. The molecule has 23 heavy (non-hydrogen) atoms. The number of ether oxygens (including phenoxy) is 1. The summed E-state index contributed by atoms with van der Waals surface area (Å²) in [7, 11) is 0. The highest BCUT2D eigenvalue weighted by atomic mass is 16.5. The average Bonchev–Trinajstić information content (AvgIpc) is 2.87. The van der Waals surface area contributed by atoms with E-state index in [-0.39, 0.29) is 0 Å². The van der Waals surface area contributed by atoms with Crippen LogP contribution in [0, 0.1) is 13.8 Å². The topological polar surface area (TPSA) is 52.8 Å². The highest BCUT2D eigenvalue weighted by Crippen LogP contribution is 2.26. The lowest BCUT2D eigenvalue weighted by molar-refractivity contribution is 0.328. The summed E-state index contributed by atoms with van der Waals surface area (Å²) in [6, 6.07) is 10.0. The predicted molar refractivity (Wildman–Crippen MR) is 89.4 cm³/mol. The molecule has 3 heterocycles. The Hall–Kier alpha value is -2.69. The highest BCUT2D eigenvalue weighted by Gasteiger charge is 2.09. The van der Waals surface area contributed by atoms with Gasteiger partial charge in [-0.1, -0.05) is 6.07 Å². The molecule has 0 unspecified atom stereocenters. The van der Waals surface area contributed by atoms with Crippen LogP contribution in [0.1, 0.15) is 23.9 Å². The molecule has 0 bridgehead atoms. The van der Waals surface area contributed by atoms with Gasteiger partial charge in [-0.2, -0.15) is 5.10 Å². The maximum Gasteiger partial charge on any atom is 0.222 e. The average molecular weight is 308 g/mol. The van der Waals surface area contributed by atoms with Crippen molar-refractivity contribution in [2.24, 2.45) is 0 Å². The predicted octanol–water partition coefficient (Wildman–Crippen LogP) is 3.40. The summed E-state index contributed by atoms with van der Waals surface area (Å²) in [5.41, 5.74) is 5.06. The van der Waals surface area contributed by atoms with Gasteiger partial charge in [-0.3, -0.25) is 9.67 Å². The van der Waals surface area contributed by atoms with Crippen LogP contribution in [0.2, 0.25) is 0 Å². The fourth-order valence-corrected chi connectivity index (χ4v) is 2.52. The van der Waals surface area contributed by atoms with Crippen molar-refractivity contribution in [2.75, 3.05) is 6.61 Å². The first kappa shape index (κ1) is 15.2. The van der Waals surface area contributed by atoms with Crippen molar-refractivity contribution >= 4 is 0 Å². The number of aryl methyl sites for hydroxylation is 2. The maximum atomic E-state index is 5.57. The fraction of sp³-hybridized carbons (Fsp3) is 0.278. The zero-order valence-corrected chi connectivity index (χ0v) is 13.7. The van der Waals surface area contributed by atoms with Gasteiger partial charge in [0.25, 0.3) is 0 Å². The monoisotopic (exact) mass is 308 g/mol. The minimum absolute atomic E-state index is 0.583. The molecule has 0 aliphatic heterocycles. The van der Waals surface area contributed by atoms with E-state index in [1.165, 1.54) is 0 Å². The highest BCUT2D eigenvalue weighted by molar-refractivity contribution is 5.64. The largest absolute Gasteiger partial charge is 0.477 e. The third-order valence-corrected chi connectivity index (χ3v) is 3.59. The molecular formula is C18H20N4O. The fourth-order valence-electron chi connectivity index (χ4n) is 2.52. The van der Waals surface area contributed by atoms with Gasteiger partial charge < -0.3 is 4.74 Å². The van der Waals surface area contributed by atoms with Crippen LogP contribution in [0.3, 0.4) is 0 Å². The van der Waals surface area contributed by atoms with Crippen LogP contribution in [0.25, 0.3) is 11.3 Å². The van der Waals surface area contributed by atoms with Crippen molar-refractivity contribution in [3.05, 3.63) is 59.7 Å². The van der Waals surface area contributed by atoms with Crippen molar-refractivity contribution in [3.8, 4) is 17.1 Å². The van der Waals surface area contributed by atoms with Crippen molar-refractivity contribution in [3.63, 3.8) is 0 Å². The minimum Gasteiger partial charge on any atom is -0.477 e. The number of hydrogen-bond acceptors (Lipinski definition) is 4. The Morgan fingerprint density at radius 3 is 2.65 bits per heavy atom. The Labute approximate surface area is 136 Å². The zero-order valence-electron chi connectivity index (χ0n) is 13.7. The summed E-state index contributed by atoms with van der Waals surface area (Å²) in [6.45, 7) is 7.32. The van der Waals surface area contributed by atoms with Crippen LogP contribution in [-0.2, 0) is 6.54 Å². The molecule has 3 aromatic rings. The van der Waals surface area contributed by atoms with Crippen LogP contribution < -0.4 is 4.74 Å². The first-order valence-electron chi connectivity index (χ1n) is 7.71. The second-order valence-corrected chi connectivity index (χ2v) is 5.43. The van der Waals surface area contributed by atoms with E-state index in [0.29, 0.717) is 12.5 Å². The number of hydrogen-bond donors (Lipinski definition) is 0. The molecule has 0 aliphatic rings. The molecule has 118 valence electrons. The van der Waals surface area contributed by atoms with Crippen LogP contribution in [0.15, 0.2) is 42.7 Å². The molecular weight excluding hydrogens is 288 g/mol. The molecule has 0 N–H and O–H groups in total. The lowest BCUT2D eigenvalue weighted by Crippen LogP contribution is -2.04. The van der Waals surface area contributed by atoms with Crippen LogP contribution in [-0.4, -0.2) is 26.4 Å². The Bertz CT molecular complexity index is 793. The van der Waals surface area contributed by atoms with Crippen LogP contribution >= 0.6 is 0 Å². The third-order valence-electron chi connectivity index (χ3n) is 3.59. The molecule has 0 radical (unpaired) electrons. The van der Waals surface area contributed by atoms with Crippen LogP contribution in [0.4, 0.5) is 0 Å². The number of nitrogens with zero attached hydrogens (tertiary/aromatic N) is 4. The van der Waals surface area contributed by atoms with Gasteiger partial charge in [-0.25, -0.2) is 4.98 Å². The Morgan fingerprint density at radius 2 is 2.00 bits per heavy atom. The van der Waals surface area contributed by atoms with Gasteiger partial charge in [0.05, 0.1) is 30.1 Å². The molecule has 5 nitrogen and oxygen atoms in total. The number of aromatic nitrogens is 4. The second kappa shape index (κ2) is 6.60. The summed E-state index contributed by atoms with van der Waals surface area (Å²) in [6.07, 6.45) is 3.61.